The van der Waals surface area contributed by atoms with Crippen molar-refractivity contribution >= 4 is 0 Å². The molecule has 0 aromatic heterocycles. The van der Waals surface area contributed by atoms with Crippen molar-refractivity contribution in [3.8, 4) is 0 Å². The van der Waals surface area contributed by atoms with Crippen LogP contribution in [-0.2, 0) is 0 Å². The number of hydrogen-bond donors (Lipinski definition) is 1. The van der Waals surface area contributed by atoms with Gasteiger partial charge in [-0.05, 0) is 24.8 Å². The molecule has 2 N–H and O–H groups in total. The minimum atomic E-state index is 0.717. The first-order chi connectivity index (χ1) is 4.70. The molecule has 0 aromatic carbocycles. The monoisotopic (exact) mass is 143 g/mol. The normalized spacial score (nSPS) is 16.8. The average molecular weight is 143 g/mol. The number of rotatable bonds is 5. The van der Waals surface area contributed by atoms with Gasteiger partial charge in [-0.1, -0.05) is 33.6 Å². The summed E-state index contributed by atoms with van der Waals surface area (Å²) in [6, 6.07) is 0. The van der Waals surface area contributed by atoms with Crippen LogP contribution in [0.4, 0.5) is 0 Å². The lowest BCUT2D eigenvalue weighted by atomic mass is 9.97. The molecular formula is C9H21N. The molecule has 0 aromatic rings. The van der Waals surface area contributed by atoms with Crippen LogP contribution in [0.15, 0.2) is 0 Å². The van der Waals surface area contributed by atoms with E-state index in [9.17, 15) is 0 Å². The van der Waals surface area contributed by atoms with Gasteiger partial charge >= 0.3 is 0 Å². The molecule has 0 amide bonds. The van der Waals surface area contributed by atoms with Crippen molar-refractivity contribution in [3.05, 3.63) is 0 Å². The highest BCUT2D eigenvalue weighted by molar-refractivity contribution is 4.56. The molecule has 0 spiro atoms. The largest absolute Gasteiger partial charge is 0.330 e. The molecule has 0 saturated carbocycles. The van der Waals surface area contributed by atoms with Gasteiger partial charge in [0, 0.05) is 0 Å². The lowest BCUT2D eigenvalue weighted by molar-refractivity contribution is 0.428. The summed E-state index contributed by atoms with van der Waals surface area (Å²) in [5.41, 5.74) is 5.50. The van der Waals surface area contributed by atoms with E-state index in [-0.39, 0.29) is 0 Å². The maximum absolute atomic E-state index is 5.50. The van der Waals surface area contributed by atoms with Crippen LogP contribution in [-0.4, -0.2) is 6.54 Å². The van der Waals surface area contributed by atoms with Crippen LogP contribution in [0.3, 0.4) is 0 Å². The Morgan fingerprint density at radius 3 is 2.00 bits per heavy atom. The Balaban J connectivity index is 3.17. The standard InChI is InChI=1S/C9H21N/c1-4-8(2)5-6-9(3)7-10/h8-9H,4-7,10H2,1-3H3/t8-,9+/m0/s1. The van der Waals surface area contributed by atoms with Crippen LogP contribution in [0.25, 0.3) is 0 Å². The van der Waals surface area contributed by atoms with Gasteiger partial charge in [0.05, 0.1) is 0 Å². The third-order valence-corrected chi connectivity index (χ3v) is 2.25. The van der Waals surface area contributed by atoms with Crippen molar-refractivity contribution in [1.29, 1.82) is 0 Å². The van der Waals surface area contributed by atoms with Crippen LogP contribution in [0.5, 0.6) is 0 Å². The second-order valence-electron chi connectivity index (χ2n) is 3.43. The van der Waals surface area contributed by atoms with Crippen molar-refractivity contribution in [2.45, 2.75) is 40.0 Å². The van der Waals surface area contributed by atoms with Crippen LogP contribution in [0, 0.1) is 11.8 Å². The summed E-state index contributed by atoms with van der Waals surface area (Å²) in [4.78, 5) is 0. The Kier molecular flexibility index (Phi) is 5.70. The topological polar surface area (TPSA) is 26.0 Å². The molecule has 0 fully saturated rings. The molecule has 1 heteroatoms. The first kappa shape index (κ1) is 9.96. The average Bonchev–Trinajstić information content (AvgIpc) is 1.99. The minimum absolute atomic E-state index is 0.717. The Hall–Kier alpha value is -0.0400. The van der Waals surface area contributed by atoms with E-state index in [1.165, 1.54) is 19.3 Å². The molecule has 0 bridgehead atoms. The van der Waals surface area contributed by atoms with Crippen molar-refractivity contribution in [2.24, 2.45) is 17.6 Å². The van der Waals surface area contributed by atoms with E-state index in [0.717, 1.165) is 12.5 Å². The highest BCUT2D eigenvalue weighted by Crippen LogP contribution is 2.13. The maximum Gasteiger partial charge on any atom is -0.00515 e. The molecule has 0 aliphatic rings. The summed E-state index contributed by atoms with van der Waals surface area (Å²) >= 11 is 0. The number of hydrogen-bond acceptors (Lipinski definition) is 1. The Morgan fingerprint density at radius 2 is 1.60 bits per heavy atom. The lowest BCUT2D eigenvalue weighted by Crippen LogP contribution is -2.11. The summed E-state index contributed by atoms with van der Waals surface area (Å²) < 4.78 is 0. The predicted molar refractivity (Wildman–Crippen MR) is 46.9 cm³/mol. The van der Waals surface area contributed by atoms with Gasteiger partial charge in [-0.3, -0.25) is 0 Å². The zero-order valence-electron chi connectivity index (χ0n) is 7.56. The van der Waals surface area contributed by atoms with Crippen molar-refractivity contribution in [1.82, 2.24) is 0 Å². The van der Waals surface area contributed by atoms with E-state index in [1.807, 2.05) is 0 Å². The zero-order valence-corrected chi connectivity index (χ0v) is 7.56. The maximum atomic E-state index is 5.50. The van der Waals surface area contributed by atoms with Gasteiger partial charge in [0.2, 0.25) is 0 Å². The van der Waals surface area contributed by atoms with E-state index in [0.29, 0.717) is 5.92 Å². The molecule has 10 heavy (non-hydrogen) atoms. The van der Waals surface area contributed by atoms with E-state index < -0.39 is 0 Å². The van der Waals surface area contributed by atoms with Gasteiger partial charge < -0.3 is 5.73 Å². The van der Waals surface area contributed by atoms with Gasteiger partial charge in [-0.2, -0.15) is 0 Å². The summed E-state index contributed by atoms with van der Waals surface area (Å²) in [5.74, 6) is 1.60. The fourth-order valence-corrected chi connectivity index (χ4v) is 0.891. The van der Waals surface area contributed by atoms with E-state index in [1.54, 1.807) is 0 Å². The molecule has 62 valence electrons. The Labute approximate surface area is 65.0 Å². The van der Waals surface area contributed by atoms with Gasteiger partial charge in [0.25, 0.3) is 0 Å². The van der Waals surface area contributed by atoms with Crippen LogP contribution >= 0.6 is 0 Å². The molecule has 0 saturated heterocycles. The molecule has 0 heterocycles. The zero-order chi connectivity index (χ0) is 7.98. The van der Waals surface area contributed by atoms with E-state index in [2.05, 4.69) is 20.8 Å². The quantitative estimate of drug-likeness (QED) is 0.628. The first-order valence-corrected chi connectivity index (χ1v) is 4.40. The second-order valence-corrected chi connectivity index (χ2v) is 3.43. The highest BCUT2D eigenvalue weighted by Gasteiger charge is 2.02. The molecule has 2 atom stereocenters. The van der Waals surface area contributed by atoms with Gasteiger partial charge in [-0.15, -0.1) is 0 Å². The summed E-state index contributed by atoms with van der Waals surface area (Å²) in [6.45, 7) is 7.62. The van der Waals surface area contributed by atoms with E-state index >= 15 is 0 Å². The highest BCUT2D eigenvalue weighted by atomic mass is 14.5. The van der Waals surface area contributed by atoms with Crippen LogP contribution < -0.4 is 5.73 Å². The second kappa shape index (κ2) is 5.72. The molecule has 1 nitrogen and oxygen atoms in total. The molecule has 0 rings (SSSR count). The fourth-order valence-electron chi connectivity index (χ4n) is 0.891. The SMILES string of the molecule is CC[C@H](C)CC[C@@H](C)CN. The Bertz CT molecular complexity index is 61.1. The summed E-state index contributed by atoms with van der Waals surface area (Å²) in [6.07, 6.45) is 3.94. The molecule has 0 aliphatic heterocycles. The van der Waals surface area contributed by atoms with Crippen LogP contribution in [0.2, 0.25) is 0 Å². The first-order valence-electron chi connectivity index (χ1n) is 4.40. The van der Waals surface area contributed by atoms with Gasteiger partial charge in [0.15, 0.2) is 0 Å². The van der Waals surface area contributed by atoms with Gasteiger partial charge in [0.1, 0.15) is 0 Å². The predicted octanol–water partition coefficient (Wildman–Crippen LogP) is 2.41. The van der Waals surface area contributed by atoms with Crippen LogP contribution in [0.1, 0.15) is 40.0 Å². The molecule has 0 aliphatic carbocycles. The molecule has 0 radical (unpaired) electrons. The summed E-state index contributed by atoms with van der Waals surface area (Å²) in [7, 11) is 0. The fraction of sp³-hybridized carbons (Fsp3) is 1.00. The third kappa shape index (κ3) is 4.80. The Morgan fingerprint density at radius 1 is 1.10 bits per heavy atom. The molecular weight excluding hydrogens is 122 g/mol. The third-order valence-electron chi connectivity index (χ3n) is 2.25. The van der Waals surface area contributed by atoms with Gasteiger partial charge in [-0.25, -0.2) is 0 Å². The molecule has 0 unspecified atom stereocenters. The smallest absolute Gasteiger partial charge is 0.00515 e. The van der Waals surface area contributed by atoms with Crippen molar-refractivity contribution in [3.63, 3.8) is 0 Å². The van der Waals surface area contributed by atoms with E-state index in [4.69, 9.17) is 5.73 Å². The van der Waals surface area contributed by atoms with Crippen molar-refractivity contribution < 1.29 is 0 Å². The number of nitrogens with two attached hydrogens (primary N) is 1. The summed E-state index contributed by atoms with van der Waals surface area (Å²) in [5, 5.41) is 0. The minimum Gasteiger partial charge on any atom is -0.330 e. The van der Waals surface area contributed by atoms with Crippen molar-refractivity contribution in [2.75, 3.05) is 6.54 Å². The lowest BCUT2D eigenvalue weighted by Gasteiger charge is -2.11.